The Bertz CT molecular complexity index is 766. The maximum Gasteiger partial charge on any atom is 0.241 e. The predicted molar refractivity (Wildman–Crippen MR) is 100 cm³/mol. The van der Waals surface area contributed by atoms with Crippen LogP contribution in [0.4, 0.5) is 5.69 Å². The molecule has 3 rings (SSSR count). The third-order valence-electron chi connectivity index (χ3n) is 4.25. The standard InChI is InChI=1S/C19H22N2O3S/c1-13(19(22)20-15-5-4-6-16(10-15)25-3)21(2)11-14-7-8-17-18(9-14)24-12-23-17/h4-10,13H,11-12H2,1-3H3,(H,20,22). The number of anilines is 1. The van der Waals surface area contributed by atoms with E-state index < -0.39 is 0 Å². The van der Waals surface area contributed by atoms with E-state index in [1.165, 1.54) is 0 Å². The molecule has 2 aromatic carbocycles. The van der Waals surface area contributed by atoms with Gasteiger partial charge in [-0.05, 0) is 56.1 Å². The van der Waals surface area contributed by atoms with Gasteiger partial charge in [-0.15, -0.1) is 11.8 Å². The van der Waals surface area contributed by atoms with E-state index in [1.807, 2.05) is 67.6 Å². The largest absolute Gasteiger partial charge is 0.454 e. The molecule has 0 radical (unpaired) electrons. The molecule has 1 aliphatic rings. The number of fused-ring (bicyclic) bond motifs is 1. The summed E-state index contributed by atoms with van der Waals surface area (Å²) in [7, 11) is 1.94. The monoisotopic (exact) mass is 358 g/mol. The molecule has 6 heteroatoms. The lowest BCUT2D eigenvalue weighted by atomic mass is 10.1. The molecule has 0 aliphatic carbocycles. The fourth-order valence-electron chi connectivity index (χ4n) is 2.61. The van der Waals surface area contributed by atoms with Crippen LogP contribution in [0.15, 0.2) is 47.4 Å². The van der Waals surface area contributed by atoms with Gasteiger partial charge in [0.15, 0.2) is 11.5 Å². The number of hydrogen-bond donors (Lipinski definition) is 1. The number of thioether (sulfide) groups is 1. The maximum atomic E-state index is 12.5. The van der Waals surface area contributed by atoms with E-state index in [1.54, 1.807) is 11.8 Å². The molecule has 132 valence electrons. The Kier molecular flexibility index (Phi) is 5.50. The summed E-state index contributed by atoms with van der Waals surface area (Å²) in [6.07, 6.45) is 2.02. The van der Waals surface area contributed by atoms with Gasteiger partial charge in [-0.1, -0.05) is 12.1 Å². The van der Waals surface area contributed by atoms with Crippen molar-refractivity contribution in [1.82, 2.24) is 4.90 Å². The van der Waals surface area contributed by atoms with Crippen LogP contribution < -0.4 is 14.8 Å². The van der Waals surface area contributed by atoms with E-state index in [0.717, 1.165) is 27.6 Å². The summed E-state index contributed by atoms with van der Waals surface area (Å²) in [5.41, 5.74) is 1.90. The van der Waals surface area contributed by atoms with Crippen molar-refractivity contribution in [2.24, 2.45) is 0 Å². The molecule has 1 aliphatic heterocycles. The van der Waals surface area contributed by atoms with Crippen LogP contribution in [0.5, 0.6) is 11.5 Å². The number of ether oxygens (including phenoxy) is 2. The van der Waals surface area contributed by atoms with Crippen LogP contribution in [0.25, 0.3) is 0 Å². The highest BCUT2D eigenvalue weighted by atomic mass is 32.2. The lowest BCUT2D eigenvalue weighted by Gasteiger charge is -2.24. The average molecular weight is 358 g/mol. The van der Waals surface area contributed by atoms with Gasteiger partial charge in [0.25, 0.3) is 0 Å². The highest BCUT2D eigenvalue weighted by Crippen LogP contribution is 2.32. The molecule has 25 heavy (non-hydrogen) atoms. The van der Waals surface area contributed by atoms with E-state index >= 15 is 0 Å². The van der Waals surface area contributed by atoms with Gasteiger partial charge in [0.1, 0.15) is 0 Å². The Labute approximate surface area is 152 Å². The van der Waals surface area contributed by atoms with Gasteiger partial charge in [0, 0.05) is 17.1 Å². The fourth-order valence-corrected chi connectivity index (χ4v) is 3.07. The Balaban J connectivity index is 1.61. The van der Waals surface area contributed by atoms with Crippen molar-refractivity contribution >= 4 is 23.4 Å². The highest BCUT2D eigenvalue weighted by molar-refractivity contribution is 7.98. The summed E-state index contributed by atoms with van der Waals surface area (Å²) in [6.45, 7) is 2.82. The topological polar surface area (TPSA) is 50.8 Å². The van der Waals surface area contributed by atoms with Crippen molar-refractivity contribution in [3.8, 4) is 11.5 Å². The third kappa shape index (κ3) is 4.27. The van der Waals surface area contributed by atoms with E-state index in [9.17, 15) is 4.79 Å². The van der Waals surface area contributed by atoms with Crippen LogP contribution in [0.1, 0.15) is 12.5 Å². The number of benzene rings is 2. The van der Waals surface area contributed by atoms with Crippen LogP contribution in [-0.2, 0) is 11.3 Å². The van der Waals surface area contributed by atoms with E-state index in [2.05, 4.69) is 5.32 Å². The first-order valence-electron chi connectivity index (χ1n) is 8.10. The van der Waals surface area contributed by atoms with Crippen molar-refractivity contribution in [2.75, 3.05) is 25.4 Å². The average Bonchev–Trinajstić information content (AvgIpc) is 3.08. The SMILES string of the molecule is CSc1cccc(NC(=O)C(C)N(C)Cc2ccc3c(c2)OCO3)c1. The van der Waals surface area contributed by atoms with Gasteiger partial charge in [0.2, 0.25) is 12.7 Å². The van der Waals surface area contributed by atoms with Gasteiger partial charge in [-0.25, -0.2) is 0 Å². The summed E-state index contributed by atoms with van der Waals surface area (Å²) in [4.78, 5) is 15.7. The molecule has 0 bridgehead atoms. The zero-order valence-corrected chi connectivity index (χ0v) is 15.4. The molecule has 1 heterocycles. The number of carbonyl (C=O) groups excluding carboxylic acids is 1. The number of nitrogens with zero attached hydrogens (tertiary/aromatic N) is 1. The Morgan fingerprint density at radius 2 is 2.04 bits per heavy atom. The first kappa shape index (κ1) is 17.6. The summed E-state index contributed by atoms with van der Waals surface area (Å²) >= 11 is 1.65. The minimum Gasteiger partial charge on any atom is -0.454 e. The summed E-state index contributed by atoms with van der Waals surface area (Å²) in [5, 5.41) is 2.99. The lowest BCUT2D eigenvalue weighted by Crippen LogP contribution is -2.39. The summed E-state index contributed by atoms with van der Waals surface area (Å²) in [6, 6.07) is 13.5. The van der Waals surface area contributed by atoms with Gasteiger partial charge in [-0.3, -0.25) is 9.69 Å². The first-order chi connectivity index (χ1) is 12.1. The van der Waals surface area contributed by atoms with E-state index in [0.29, 0.717) is 6.54 Å². The molecule has 5 nitrogen and oxygen atoms in total. The lowest BCUT2D eigenvalue weighted by molar-refractivity contribution is -0.120. The second-order valence-electron chi connectivity index (χ2n) is 6.00. The number of amides is 1. The second-order valence-corrected chi connectivity index (χ2v) is 6.88. The first-order valence-corrected chi connectivity index (χ1v) is 9.33. The molecule has 0 aromatic heterocycles. The molecular formula is C19H22N2O3S. The van der Waals surface area contributed by atoms with E-state index in [-0.39, 0.29) is 18.7 Å². The Morgan fingerprint density at radius 1 is 1.24 bits per heavy atom. The van der Waals surface area contributed by atoms with Crippen molar-refractivity contribution in [2.45, 2.75) is 24.4 Å². The minimum atomic E-state index is -0.261. The molecule has 0 saturated carbocycles. The molecule has 0 fully saturated rings. The number of hydrogen-bond acceptors (Lipinski definition) is 5. The Hall–Kier alpha value is -2.18. The van der Waals surface area contributed by atoms with Crippen LogP contribution in [0.2, 0.25) is 0 Å². The maximum absolute atomic E-state index is 12.5. The molecule has 2 aromatic rings. The normalized spacial score (nSPS) is 13.8. The molecule has 0 spiro atoms. The molecule has 1 N–H and O–H groups in total. The quantitative estimate of drug-likeness (QED) is 0.800. The van der Waals surface area contributed by atoms with Crippen LogP contribution in [0.3, 0.4) is 0 Å². The predicted octanol–water partition coefficient (Wildman–Crippen LogP) is 3.60. The van der Waals surface area contributed by atoms with Crippen LogP contribution in [-0.4, -0.2) is 36.9 Å². The van der Waals surface area contributed by atoms with Crippen molar-refractivity contribution in [3.63, 3.8) is 0 Å². The third-order valence-corrected chi connectivity index (χ3v) is 4.97. The van der Waals surface area contributed by atoms with Gasteiger partial charge < -0.3 is 14.8 Å². The highest BCUT2D eigenvalue weighted by Gasteiger charge is 2.20. The Morgan fingerprint density at radius 3 is 2.84 bits per heavy atom. The van der Waals surface area contributed by atoms with Crippen LogP contribution >= 0.6 is 11.8 Å². The fraction of sp³-hybridized carbons (Fsp3) is 0.316. The van der Waals surface area contributed by atoms with Gasteiger partial charge in [0.05, 0.1) is 6.04 Å². The van der Waals surface area contributed by atoms with Crippen molar-refractivity contribution in [1.29, 1.82) is 0 Å². The molecule has 1 atom stereocenters. The van der Waals surface area contributed by atoms with Gasteiger partial charge in [-0.2, -0.15) is 0 Å². The molecule has 0 saturated heterocycles. The zero-order chi connectivity index (χ0) is 17.8. The number of nitrogens with one attached hydrogen (secondary N) is 1. The summed E-state index contributed by atoms with van der Waals surface area (Å²) in [5.74, 6) is 1.50. The zero-order valence-electron chi connectivity index (χ0n) is 14.6. The number of likely N-dealkylation sites (N-methyl/N-ethyl adjacent to an activating group) is 1. The van der Waals surface area contributed by atoms with Crippen LogP contribution in [0, 0.1) is 0 Å². The number of rotatable bonds is 6. The number of carbonyl (C=O) groups is 1. The van der Waals surface area contributed by atoms with E-state index in [4.69, 9.17) is 9.47 Å². The minimum absolute atomic E-state index is 0.0264. The summed E-state index contributed by atoms with van der Waals surface area (Å²) < 4.78 is 10.7. The molecule has 1 unspecified atom stereocenters. The van der Waals surface area contributed by atoms with Crippen molar-refractivity contribution < 1.29 is 14.3 Å². The molecular weight excluding hydrogens is 336 g/mol. The van der Waals surface area contributed by atoms with Crippen molar-refractivity contribution in [3.05, 3.63) is 48.0 Å². The second kappa shape index (κ2) is 7.80. The smallest absolute Gasteiger partial charge is 0.241 e. The molecule has 1 amide bonds. The van der Waals surface area contributed by atoms with Gasteiger partial charge >= 0.3 is 0 Å².